The number of aliphatic hydroxyl groups is 1. The van der Waals surface area contributed by atoms with Crippen LogP contribution in [0.2, 0.25) is 0 Å². The quantitative estimate of drug-likeness (QED) is 0.791. The van der Waals surface area contributed by atoms with E-state index < -0.39 is 40.5 Å². The number of hydrogen-bond donors (Lipinski definition) is 1. The van der Waals surface area contributed by atoms with Crippen LogP contribution in [0.5, 0.6) is 0 Å². The molecule has 1 atom stereocenters. The smallest absolute Gasteiger partial charge is 0.372 e. The molecule has 1 unspecified atom stereocenters. The van der Waals surface area contributed by atoms with E-state index in [0.29, 0.717) is 36.4 Å². The Bertz CT molecular complexity index is 688. The molecule has 0 aliphatic heterocycles. The van der Waals surface area contributed by atoms with Gasteiger partial charge in [-0.15, -0.1) is 0 Å². The van der Waals surface area contributed by atoms with E-state index in [4.69, 9.17) is 0 Å². The van der Waals surface area contributed by atoms with E-state index in [1.54, 1.807) is 0 Å². The van der Waals surface area contributed by atoms with Crippen molar-refractivity contribution in [2.24, 2.45) is 0 Å². The summed E-state index contributed by atoms with van der Waals surface area (Å²) in [5.41, 5.74) is -7.83. The summed E-state index contributed by atoms with van der Waals surface area (Å²) in [4.78, 5) is 0. The Hall–Kier alpha value is -2.09. The van der Waals surface area contributed by atoms with Crippen molar-refractivity contribution < 1.29 is 35.8 Å². The fourth-order valence-electron chi connectivity index (χ4n) is 2.21. The van der Waals surface area contributed by atoms with Gasteiger partial charge in [0.2, 0.25) is 5.60 Å². The summed E-state index contributed by atoms with van der Waals surface area (Å²) in [5, 5.41) is 10.2. The first-order valence-electron chi connectivity index (χ1n) is 6.20. The van der Waals surface area contributed by atoms with E-state index in [1.807, 2.05) is 0 Å². The molecule has 23 heavy (non-hydrogen) atoms. The number of benzene rings is 2. The van der Waals surface area contributed by atoms with Crippen LogP contribution < -0.4 is 0 Å². The van der Waals surface area contributed by atoms with Gasteiger partial charge in [-0.25, -0.2) is 4.39 Å². The molecule has 0 fully saturated rings. The molecule has 0 heterocycles. The van der Waals surface area contributed by atoms with Gasteiger partial charge < -0.3 is 5.11 Å². The van der Waals surface area contributed by atoms with Crippen LogP contribution in [0, 0.1) is 5.82 Å². The van der Waals surface area contributed by atoms with Gasteiger partial charge in [-0.1, -0.05) is 30.3 Å². The van der Waals surface area contributed by atoms with Crippen LogP contribution in [-0.4, -0.2) is 11.3 Å². The average Bonchev–Trinajstić information content (AvgIpc) is 2.45. The molecule has 0 saturated heterocycles. The molecule has 2 aromatic rings. The summed E-state index contributed by atoms with van der Waals surface area (Å²) in [6.07, 6.45) is -10.6. The minimum Gasteiger partial charge on any atom is -0.372 e. The van der Waals surface area contributed by atoms with Gasteiger partial charge in [-0.05, 0) is 23.8 Å². The van der Waals surface area contributed by atoms with Gasteiger partial charge >= 0.3 is 12.4 Å². The lowest BCUT2D eigenvalue weighted by Crippen LogP contribution is -2.44. The van der Waals surface area contributed by atoms with Gasteiger partial charge in [0.05, 0.1) is 5.56 Å². The van der Waals surface area contributed by atoms with E-state index in [0.717, 1.165) is 12.1 Å². The maximum absolute atomic E-state index is 13.4. The van der Waals surface area contributed by atoms with Crippen LogP contribution in [0.15, 0.2) is 48.5 Å². The van der Waals surface area contributed by atoms with Crippen LogP contribution in [0.4, 0.5) is 30.7 Å². The number of halogens is 7. The molecule has 2 rings (SSSR count). The predicted molar refractivity (Wildman–Crippen MR) is 66.9 cm³/mol. The maximum atomic E-state index is 13.4. The molecule has 0 spiro atoms. The highest BCUT2D eigenvalue weighted by Gasteiger charge is 2.58. The van der Waals surface area contributed by atoms with Gasteiger partial charge in [-0.2, -0.15) is 26.3 Å². The van der Waals surface area contributed by atoms with Gasteiger partial charge in [-0.3, -0.25) is 0 Å². The second-order valence-electron chi connectivity index (χ2n) is 4.76. The van der Waals surface area contributed by atoms with Gasteiger partial charge in [0.25, 0.3) is 0 Å². The largest absolute Gasteiger partial charge is 0.425 e. The molecular formula is C15H9F7O. The molecule has 124 valence electrons. The molecular weight excluding hydrogens is 329 g/mol. The first kappa shape index (κ1) is 17.3. The predicted octanol–water partition coefficient (Wildman–Crippen LogP) is 4.64. The summed E-state index contributed by atoms with van der Waals surface area (Å²) in [6, 6.07) is 5.28. The Labute approximate surface area is 126 Å². The van der Waals surface area contributed by atoms with E-state index in [2.05, 4.69) is 0 Å². The number of hydrogen-bond acceptors (Lipinski definition) is 1. The van der Waals surface area contributed by atoms with Crippen molar-refractivity contribution in [3.05, 3.63) is 71.0 Å². The number of rotatable bonds is 2. The highest BCUT2D eigenvalue weighted by molar-refractivity contribution is 5.44. The van der Waals surface area contributed by atoms with Crippen LogP contribution in [0.3, 0.4) is 0 Å². The average molecular weight is 338 g/mol. The summed E-state index contributed by atoms with van der Waals surface area (Å²) < 4.78 is 92.2. The molecule has 1 nitrogen and oxygen atoms in total. The van der Waals surface area contributed by atoms with Crippen molar-refractivity contribution in [1.82, 2.24) is 0 Å². The molecule has 0 aromatic heterocycles. The fourth-order valence-corrected chi connectivity index (χ4v) is 2.21. The normalized spacial score (nSPS) is 15.3. The van der Waals surface area contributed by atoms with Gasteiger partial charge in [0, 0.05) is 5.56 Å². The third kappa shape index (κ3) is 3.03. The van der Waals surface area contributed by atoms with Crippen molar-refractivity contribution in [3.63, 3.8) is 0 Å². The van der Waals surface area contributed by atoms with Crippen molar-refractivity contribution in [2.75, 3.05) is 0 Å². The highest BCUT2D eigenvalue weighted by Crippen LogP contribution is 2.48. The van der Waals surface area contributed by atoms with Crippen molar-refractivity contribution >= 4 is 0 Å². The molecule has 8 heteroatoms. The molecule has 0 aliphatic carbocycles. The zero-order valence-electron chi connectivity index (χ0n) is 11.2. The zero-order chi connectivity index (χ0) is 17.5. The minimum absolute atomic E-state index is 0.440. The Kier molecular flexibility index (Phi) is 4.14. The summed E-state index contributed by atoms with van der Waals surface area (Å²) in [5.74, 6) is -0.887. The third-order valence-electron chi connectivity index (χ3n) is 3.29. The lowest BCUT2D eigenvalue weighted by molar-refractivity contribution is -0.250. The summed E-state index contributed by atoms with van der Waals surface area (Å²) in [7, 11) is 0. The first-order chi connectivity index (χ1) is 10.5. The Morgan fingerprint density at radius 1 is 0.696 bits per heavy atom. The van der Waals surface area contributed by atoms with Gasteiger partial charge in [0.15, 0.2) is 0 Å². The highest BCUT2D eigenvalue weighted by atomic mass is 19.4. The van der Waals surface area contributed by atoms with Crippen molar-refractivity contribution in [3.8, 4) is 0 Å². The van der Waals surface area contributed by atoms with Crippen LogP contribution in [0.25, 0.3) is 0 Å². The molecule has 0 bridgehead atoms. The Morgan fingerprint density at radius 3 is 1.61 bits per heavy atom. The van der Waals surface area contributed by atoms with Crippen LogP contribution in [-0.2, 0) is 11.8 Å². The summed E-state index contributed by atoms with van der Waals surface area (Å²) in [6.45, 7) is 0. The molecule has 0 amide bonds. The summed E-state index contributed by atoms with van der Waals surface area (Å²) >= 11 is 0. The van der Waals surface area contributed by atoms with E-state index in [-0.39, 0.29) is 0 Å². The lowest BCUT2D eigenvalue weighted by Gasteiger charge is -2.33. The fraction of sp³-hybridized carbons (Fsp3) is 0.200. The van der Waals surface area contributed by atoms with Crippen molar-refractivity contribution in [2.45, 2.75) is 18.0 Å². The molecule has 0 aliphatic rings. The van der Waals surface area contributed by atoms with E-state index >= 15 is 0 Å². The van der Waals surface area contributed by atoms with Crippen LogP contribution >= 0.6 is 0 Å². The molecule has 2 aromatic carbocycles. The lowest BCUT2D eigenvalue weighted by atomic mass is 9.82. The second kappa shape index (κ2) is 5.52. The number of alkyl halides is 6. The van der Waals surface area contributed by atoms with E-state index in [9.17, 15) is 35.8 Å². The minimum atomic E-state index is -5.45. The third-order valence-corrected chi connectivity index (χ3v) is 3.29. The zero-order valence-corrected chi connectivity index (χ0v) is 11.2. The Morgan fingerprint density at radius 2 is 1.17 bits per heavy atom. The van der Waals surface area contributed by atoms with Crippen LogP contribution in [0.1, 0.15) is 16.7 Å². The Balaban J connectivity index is 2.78. The topological polar surface area (TPSA) is 20.2 Å². The SMILES string of the molecule is OC(c1ccc(F)cc1)(c1ccccc1C(F)(F)F)C(F)(F)F. The standard InChI is InChI=1S/C15H9F7O/c16-10-7-5-9(6-8-10)13(23,15(20,21)22)11-3-1-2-4-12(11)14(17,18)19/h1-8,23H. The molecule has 0 radical (unpaired) electrons. The van der Waals surface area contributed by atoms with Crippen molar-refractivity contribution in [1.29, 1.82) is 0 Å². The van der Waals surface area contributed by atoms with Gasteiger partial charge in [0.1, 0.15) is 5.82 Å². The van der Waals surface area contributed by atoms with E-state index in [1.165, 1.54) is 0 Å². The maximum Gasteiger partial charge on any atom is 0.425 e. The molecule has 0 saturated carbocycles. The first-order valence-corrected chi connectivity index (χ1v) is 6.20. The monoisotopic (exact) mass is 338 g/mol. The second-order valence-corrected chi connectivity index (χ2v) is 4.76. The molecule has 1 N–H and O–H groups in total.